The largest absolute Gasteiger partial charge is 0.369 e. The van der Waals surface area contributed by atoms with E-state index in [1.54, 1.807) is 10.7 Å². The number of hydrogen-bond acceptors (Lipinski definition) is 6. The van der Waals surface area contributed by atoms with Gasteiger partial charge < -0.3 is 15.5 Å². The molecule has 7 nitrogen and oxygen atoms in total. The summed E-state index contributed by atoms with van der Waals surface area (Å²) >= 11 is 12.4. The predicted molar refractivity (Wildman–Crippen MR) is 108 cm³/mol. The zero-order valence-corrected chi connectivity index (χ0v) is 16.1. The molecule has 0 amide bonds. The van der Waals surface area contributed by atoms with E-state index in [4.69, 9.17) is 23.2 Å². The zero-order valence-electron chi connectivity index (χ0n) is 14.6. The van der Waals surface area contributed by atoms with Gasteiger partial charge in [0.15, 0.2) is 0 Å². The lowest BCUT2D eigenvalue weighted by atomic mass is 10.1. The van der Waals surface area contributed by atoms with Crippen molar-refractivity contribution in [1.82, 2.24) is 25.5 Å². The molecule has 0 unspecified atom stereocenters. The molecule has 0 radical (unpaired) electrons. The van der Waals surface area contributed by atoms with Crippen LogP contribution in [0.3, 0.4) is 0 Å². The van der Waals surface area contributed by atoms with E-state index in [-0.39, 0.29) is 0 Å². The van der Waals surface area contributed by atoms with E-state index in [1.165, 1.54) is 11.3 Å². The van der Waals surface area contributed by atoms with Crippen LogP contribution in [0.1, 0.15) is 5.56 Å². The molecule has 1 aromatic heterocycles. The Balaban J connectivity index is 1.56. The van der Waals surface area contributed by atoms with Crippen LogP contribution < -0.4 is 15.5 Å². The predicted octanol–water partition coefficient (Wildman–Crippen LogP) is 2.99. The first kappa shape index (κ1) is 18.0. The molecule has 27 heavy (non-hydrogen) atoms. The minimum absolute atomic E-state index is 0.413. The molecule has 0 atom stereocenters. The van der Waals surface area contributed by atoms with E-state index in [2.05, 4.69) is 49.3 Å². The second kappa shape index (κ2) is 8.12. The summed E-state index contributed by atoms with van der Waals surface area (Å²) in [4.78, 5) is 2.39. The van der Waals surface area contributed by atoms with Gasteiger partial charge in [0.05, 0.1) is 15.7 Å². The fourth-order valence-electron chi connectivity index (χ4n) is 3.16. The van der Waals surface area contributed by atoms with Crippen LogP contribution in [-0.4, -0.2) is 46.4 Å². The monoisotopic (exact) mass is 403 g/mol. The van der Waals surface area contributed by atoms with Crippen LogP contribution in [0.5, 0.6) is 0 Å². The van der Waals surface area contributed by atoms with Crippen molar-refractivity contribution < 1.29 is 0 Å². The molecule has 0 saturated carbocycles. The van der Waals surface area contributed by atoms with Gasteiger partial charge in [0.1, 0.15) is 0 Å². The Labute approximate surface area is 167 Å². The molecular weight excluding hydrogens is 385 g/mol. The highest BCUT2D eigenvalue weighted by Crippen LogP contribution is 2.29. The third kappa shape index (κ3) is 3.85. The maximum Gasteiger partial charge on any atom is 0.248 e. The Hall–Kier alpha value is -2.35. The first-order chi connectivity index (χ1) is 13.2. The Morgan fingerprint density at radius 1 is 1.00 bits per heavy atom. The number of anilines is 2. The van der Waals surface area contributed by atoms with E-state index >= 15 is 0 Å². The molecule has 0 aliphatic carbocycles. The van der Waals surface area contributed by atoms with Gasteiger partial charge in [0.25, 0.3) is 0 Å². The summed E-state index contributed by atoms with van der Waals surface area (Å²) < 4.78 is 1.56. The topological polar surface area (TPSA) is 70.9 Å². The molecular formula is C18H19Cl2N7. The van der Waals surface area contributed by atoms with Gasteiger partial charge in [0, 0.05) is 38.4 Å². The molecule has 3 aromatic rings. The minimum atomic E-state index is 0.413. The lowest BCUT2D eigenvalue weighted by Gasteiger charge is -2.31. The fourth-order valence-corrected chi connectivity index (χ4v) is 3.54. The smallest absolute Gasteiger partial charge is 0.248 e. The minimum Gasteiger partial charge on any atom is -0.369 e. The maximum atomic E-state index is 6.31. The summed E-state index contributed by atoms with van der Waals surface area (Å²) in [7, 11) is 0. The molecule has 4 rings (SSSR count). The number of rotatable bonds is 5. The van der Waals surface area contributed by atoms with Gasteiger partial charge in [-0.05, 0) is 34.2 Å². The van der Waals surface area contributed by atoms with Crippen LogP contribution in [0.15, 0.2) is 42.5 Å². The summed E-state index contributed by atoms with van der Waals surface area (Å²) in [6.07, 6.45) is 0. The Bertz CT molecular complexity index is 922. The lowest BCUT2D eigenvalue weighted by Crippen LogP contribution is -2.43. The van der Waals surface area contributed by atoms with Gasteiger partial charge in [-0.1, -0.05) is 52.6 Å². The Morgan fingerprint density at radius 3 is 2.63 bits per heavy atom. The number of benzene rings is 2. The molecule has 1 saturated heterocycles. The number of hydrogen-bond donors (Lipinski definition) is 2. The summed E-state index contributed by atoms with van der Waals surface area (Å²) in [5.41, 5.74) is 3.05. The lowest BCUT2D eigenvalue weighted by molar-refractivity contribution is 0.588. The number of tetrazole rings is 1. The van der Waals surface area contributed by atoms with Crippen molar-refractivity contribution in [3.63, 3.8) is 0 Å². The van der Waals surface area contributed by atoms with Gasteiger partial charge in [-0.15, -0.1) is 0 Å². The third-order valence-electron chi connectivity index (χ3n) is 4.52. The molecule has 1 aliphatic heterocycles. The number of halogens is 2. The highest BCUT2D eigenvalue weighted by atomic mass is 35.5. The van der Waals surface area contributed by atoms with Crippen LogP contribution >= 0.6 is 23.2 Å². The molecule has 140 valence electrons. The highest BCUT2D eigenvalue weighted by Gasteiger charge is 2.16. The Morgan fingerprint density at radius 2 is 1.78 bits per heavy atom. The average Bonchev–Trinajstić information content (AvgIpc) is 3.18. The quantitative estimate of drug-likeness (QED) is 0.682. The van der Waals surface area contributed by atoms with E-state index in [0.29, 0.717) is 28.2 Å². The molecule has 9 heteroatoms. The maximum absolute atomic E-state index is 6.31. The van der Waals surface area contributed by atoms with E-state index < -0.39 is 0 Å². The first-order valence-electron chi connectivity index (χ1n) is 8.74. The van der Waals surface area contributed by atoms with Crippen LogP contribution in [-0.2, 0) is 6.54 Å². The molecule has 1 fully saturated rings. The average molecular weight is 404 g/mol. The standard InChI is InChI=1S/C18H19Cl2N7/c19-14-5-3-7-16(17(14)20)27-18(23-24-25-27)22-12-13-4-1-2-6-15(13)26-10-8-21-9-11-26/h1-7,21H,8-12H2,(H,22,23,25). The number of piperazine rings is 1. The summed E-state index contributed by atoms with van der Waals surface area (Å²) in [6.45, 7) is 4.57. The van der Waals surface area contributed by atoms with Gasteiger partial charge in [-0.25, -0.2) is 0 Å². The van der Waals surface area contributed by atoms with Crippen LogP contribution in [0.2, 0.25) is 10.0 Å². The number of nitrogens with zero attached hydrogens (tertiary/aromatic N) is 5. The molecule has 2 N–H and O–H groups in total. The van der Waals surface area contributed by atoms with Crippen molar-refractivity contribution in [2.45, 2.75) is 6.54 Å². The third-order valence-corrected chi connectivity index (χ3v) is 5.32. The number of nitrogens with one attached hydrogen (secondary N) is 2. The van der Waals surface area contributed by atoms with Crippen molar-refractivity contribution >= 4 is 34.8 Å². The molecule has 2 aromatic carbocycles. The highest BCUT2D eigenvalue weighted by molar-refractivity contribution is 6.43. The molecule has 2 heterocycles. The SMILES string of the molecule is Clc1cccc(-n2nnnc2NCc2ccccc2N2CCNCC2)c1Cl. The van der Waals surface area contributed by atoms with Crippen molar-refractivity contribution in [3.8, 4) is 5.69 Å². The van der Waals surface area contributed by atoms with Crippen molar-refractivity contribution in [3.05, 3.63) is 58.1 Å². The van der Waals surface area contributed by atoms with E-state index in [0.717, 1.165) is 26.2 Å². The van der Waals surface area contributed by atoms with Crippen LogP contribution in [0.25, 0.3) is 5.69 Å². The van der Waals surface area contributed by atoms with Gasteiger partial charge in [0.2, 0.25) is 5.95 Å². The second-order valence-corrected chi connectivity index (χ2v) is 6.99. The molecule has 1 aliphatic rings. The summed E-state index contributed by atoms with van der Waals surface area (Å²) in [5.74, 6) is 0.509. The van der Waals surface area contributed by atoms with E-state index in [1.807, 2.05) is 18.2 Å². The number of para-hydroxylation sites is 1. The van der Waals surface area contributed by atoms with Crippen LogP contribution in [0, 0.1) is 0 Å². The van der Waals surface area contributed by atoms with Crippen molar-refractivity contribution in [2.24, 2.45) is 0 Å². The second-order valence-electron chi connectivity index (χ2n) is 6.21. The zero-order chi connectivity index (χ0) is 18.6. The van der Waals surface area contributed by atoms with Gasteiger partial charge in [-0.2, -0.15) is 4.68 Å². The van der Waals surface area contributed by atoms with Gasteiger partial charge >= 0.3 is 0 Å². The first-order valence-corrected chi connectivity index (χ1v) is 9.50. The van der Waals surface area contributed by atoms with Gasteiger partial charge in [-0.3, -0.25) is 0 Å². The molecule has 0 spiro atoms. The van der Waals surface area contributed by atoms with E-state index in [9.17, 15) is 0 Å². The van der Waals surface area contributed by atoms with Crippen molar-refractivity contribution in [1.29, 1.82) is 0 Å². The van der Waals surface area contributed by atoms with Crippen LogP contribution in [0.4, 0.5) is 11.6 Å². The number of aromatic nitrogens is 4. The Kier molecular flexibility index (Phi) is 5.42. The normalized spacial score (nSPS) is 14.4. The van der Waals surface area contributed by atoms with Crippen molar-refractivity contribution in [2.75, 3.05) is 36.4 Å². The molecule has 0 bridgehead atoms. The summed E-state index contributed by atoms with van der Waals surface area (Å²) in [5, 5.41) is 19.5. The fraction of sp³-hybridized carbons (Fsp3) is 0.278. The summed E-state index contributed by atoms with van der Waals surface area (Å²) in [6, 6.07) is 13.7.